The smallest absolute Gasteiger partial charge is 0.266 e. The van der Waals surface area contributed by atoms with Gasteiger partial charge < -0.3 is 5.73 Å². The van der Waals surface area contributed by atoms with E-state index < -0.39 is 5.91 Å². The number of primary amides is 1. The minimum absolute atomic E-state index is 0.421. The quantitative estimate of drug-likeness (QED) is 0.904. The molecule has 2 aromatic heterocycles. The molecule has 2 N–H and O–H groups in total. The van der Waals surface area contributed by atoms with Crippen LogP contribution in [0.15, 0.2) is 23.6 Å². The highest BCUT2D eigenvalue weighted by molar-refractivity contribution is 7.13. The van der Waals surface area contributed by atoms with E-state index in [-0.39, 0.29) is 0 Å². The number of hydrogen-bond donors (Lipinski definition) is 1. The van der Waals surface area contributed by atoms with E-state index in [4.69, 9.17) is 5.73 Å². The van der Waals surface area contributed by atoms with Crippen LogP contribution in [0, 0.1) is 5.92 Å². The lowest BCUT2D eigenvalue weighted by molar-refractivity contribution is 0.0989. The van der Waals surface area contributed by atoms with E-state index in [0.717, 1.165) is 10.6 Å². The monoisotopic (exact) mass is 249 g/mol. The Labute approximate surface area is 104 Å². The molecule has 0 fully saturated rings. The molecule has 90 valence electrons. The Morgan fingerprint density at radius 2 is 2.35 bits per heavy atom. The second-order valence-electron chi connectivity index (χ2n) is 4.33. The molecule has 0 atom stereocenters. The summed E-state index contributed by atoms with van der Waals surface area (Å²) in [5, 5.41) is 6.43. The van der Waals surface area contributed by atoms with E-state index in [1.165, 1.54) is 0 Å². The number of hydrogen-bond acceptors (Lipinski definition) is 3. The van der Waals surface area contributed by atoms with Crippen molar-refractivity contribution >= 4 is 17.2 Å². The summed E-state index contributed by atoms with van der Waals surface area (Å²) in [5.41, 5.74) is 6.65. The minimum atomic E-state index is -0.430. The summed E-state index contributed by atoms with van der Waals surface area (Å²) in [4.78, 5) is 12.4. The van der Waals surface area contributed by atoms with E-state index in [1.54, 1.807) is 22.1 Å². The maximum atomic E-state index is 11.4. The van der Waals surface area contributed by atoms with Crippen LogP contribution in [0.25, 0.3) is 10.6 Å². The minimum Gasteiger partial charge on any atom is -0.364 e. The molecule has 4 nitrogen and oxygen atoms in total. The van der Waals surface area contributed by atoms with E-state index in [9.17, 15) is 4.79 Å². The summed E-state index contributed by atoms with van der Waals surface area (Å²) in [6, 6.07) is 5.71. The Bertz CT molecular complexity index is 514. The first-order valence-electron chi connectivity index (χ1n) is 5.49. The van der Waals surface area contributed by atoms with Crippen LogP contribution >= 0.6 is 11.3 Å². The average molecular weight is 249 g/mol. The van der Waals surface area contributed by atoms with Crippen LogP contribution in [0.2, 0.25) is 0 Å². The summed E-state index contributed by atoms with van der Waals surface area (Å²) in [6.07, 6.45) is 0. The molecule has 0 aliphatic rings. The highest BCUT2D eigenvalue weighted by Crippen LogP contribution is 2.24. The van der Waals surface area contributed by atoms with Crippen molar-refractivity contribution in [3.05, 3.63) is 29.3 Å². The van der Waals surface area contributed by atoms with Crippen molar-refractivity contribution in [3.63, 3.8) is 0 Å². The molecule has 0 aliphatic heterocycles. The third-order valence-corrected chi connectivity index (χ3v) is 3.24. The predicted molar refractivity (Wildman–Crippen MR) is 68.9 cm³/mol. The zero-order valence-electron chi connectivity index (χ0n) is 9.88. The van der Waals surface area contributed by atoms with Crippen LogP contribution in [-0.4, -0.2) is 15.7 Å². The topological polar surface area (TPSA) is 60.9 Å². The van der Waals surface area contributed by atoms with Gasteiger partial charge in [0.25, 0.3) is 5.91 Å². The fourth-order valence-electron chi connectivity index (χ4n) is 1.64. The van der Waals surface area contributed by atoms with Gasteiger partial charge in [-0.05, 0) is 23.4 Å². The Kier molecular flexibility index (Phi) is 3.28. The number of carbonyl (C=O) groups excluding carboxylic acids is 1. The van der Waals surface area contributed by atoms with Gasteiger partial charge in [0, 0.05) is 6.54 Å². The van der Waals surface area contributed by atoms with E-state index in [0.29, 0.717) is 18.2 Å². The molecule has 2 aromatic rings. The Morgan fingerprint density at radius 1 is 1.59 bits per heavy atom. The van der Waals surface area contributed by atoms with Crippen molar-refractivity contribution in [1.82, 2.24) is 9.78 Å². The van der Waals surface area contributed by atoms with Gasteiger partial charge >= 0.3 is 0 Å². The molecule has 0 unspecified atom stereocenters. The molecular formula is C12H15N3OS. The Hall–Kier alpha value is -1.62. The van der Waals surface area contributed by atoms with Gasteiger partial charge in [0.05, 0.1) is 4.88 Å². The zero-order chi connectivity index (χ0) is 12.4. The molecule has 17 heavy (non-hydrogen) atoms. The van der Waals surface area contributed by atoms with E-state index in [2.05, 4.69) is 18.9 Å². The normalized spacial score (nSPS) is 11.0. The molecule has 0 saturated carbocycles. The molecule has 1 amide bonds. The molecule has 0 saturated heterocycles. The molecule has 0 bridgehead atoms. The van der Waals surface area contributed by atoms with Crippen LogP contribution in [0.1, 0.15) is 24.3 Å². The molecule has 5 heteroatoms. The third-order valence-electron chi connectivity index (χ3n) is 2.34. The first-order valence-corrected chi connectivity index (χ1v) is 6.37. The van der Waals surface area contributed by atoms with Crippen molar-refractivity contribution in [2.75, 3.05) is 0 Å². The van der Waals surface area contributed by atoms with Gasteiger partial charge in [-0.2, -0.15) is 5.10 Å². The fraction of sp³-hybridized carbons (Fsp3) is 0.333. The number of carbonyl (C=O) groups is 1. The first-order chi connectivity index (χ1) is 8.08. The average Bonchev–Trinajstić information content (AvgIpc) is 2.82. The summed E-state index contributed by atoms with van der Waals surface area (Å²) < 4.78 is 1.70. The molecule has 2 heterocycles. The second-order valence-corrected chi connectivity index (χ2v) is 5.28. The molecular weight excluding hydrogens is 234 g/mol. The van der Waals surface area contributed by atoms with Gasteiger partial charge in [0.15, 0.2) is 0 Å². The SMILES string of the molecule is CC(C)Cn1nc(-c2cccs2)cc1C(N)=O. The van der Waals surface area contributed by atoms with Gasteiger partial charge in [0.2, 0.25) is 0 Å². The van der Waals surface area contributed by atoms with Gasteiger partial charge in [0.1, 0.15) is 11.4 Å². The van der Waals surface area contributed by atoms with Crippen LogP contribution in [0.3, 0.4) is 0 Å². The van der Waals surface area contributed by atoms with E-state index >= 15 is 0 Å². The van der Waals surface area contributed by atoms with Gasteiger partial charge in [-0.3, -0.25) is 9.48 Å². The van der Waals surface area contributed by atoms with Gasteiger partial charge in [-0.25, -0.2) is 0 Å². The first kappa shape index (κ1) is 11.9. The third kappa shape index (κ3) is 2.55. The van der Waals surface area contributed by atoms with E-state index in [1.807, 2.05) is 17.5 Å². The summed E-state index contributed by atoms with van der Waals surface area (Å²) in [5.74, 6) is -0.00913. The lowest BCUT2D eigenvalue weighted by Gasteiger charge is -2.07. The number of amides is 1. The maximum Gasteiger partial charge on any atom is 0.266 e. The van der Waals surface area contributed by atoms with Crippen molar-refractivity contribution < 1.29 is 4.79 Å². The Balaban J connectivity index is 2.41. The van der Waals surface area contributed by atoms with Crippen LogP contribution in [0.4, 0.5) is 0 Å². The lowest BCUT2D eigenvalue weighted by atomic mass is 10.2. The van der Waals surface area contributed by atoms with Crippen LogP contribution in [0.5, 0.6) is 0 Å². The van der Waals surface area contributed by atoms with Crippen molar-refractivity contribution in [2.24, 2.45) is 11.7 Å². The molecule has 0 radical (unpaired) electrons. The van der Waals surface area contributed by atoms with Crippen LogP contribution in [-0.2, 0) is 6.54 Å². The number of rotatable bonds is 4. The summed E-state index contributed by atoms with van der Waals surface area (Å²) in [6.45, 7) is 4.86. The van der Waals surface area contributed by atoms with Crippen molar-refractivity contribution in [2.45, 2.75) is 20.4 Å². The number of nitrogens with two attached hydrogens (primary N) is 1. The molecule has 0 aliphatic carbocycles. The zero-order valence-corrected chi connectivity index (χ0v) is 10.7. The van der Waals surface area contributed by atoms with Gasteiger partial charge in [-0.1, -0.05) is 19.9 Å². The number of aromatic nitrogens is 2. The lowest BCUT2D eigenvalue weighted by Crippen LogP contribution is -2.19. The molecule has 2 rings (SSSR count). The highest BCUT2D eigenvalue weighted by Gasteiger charge is 2.14. The number of thiophene rings is 1. The number of nitrogens with zero attached hydrogens (tertiary/aromatic N) is 2. The van der Waals surface area contributed by atoms with Crippen LogP contribution < -0.4 is 5.73 Å². The second kappa shape index (κ2) is 4.71. The standard InChI is InChI=1S/C12H15N3OS/c1-8(2)7-15-10(12(13)16)6-9(14-15)11-4-3-5-17-11/h3-6,8H,7H2,1-2H3,(H2,13,16). The van der Waals surface area contributed by atoms with Gasteiger partial charge in [-0.15, -0.1) is 11.3 Å². The van der Waals surface area contributed by atoms with Crippen molar-refractivity contribution in [3.8, 4) is 10.6 Å². The molecule has 0 spiro atoms. The fourth-order valence-corrected chi connectivity index (χ4v) is 2.33. The molecule has 0 aromatic carbocycles. The largest absolute Gasteiger partial charge is 0.364 e. The highest BCUT2D eigenvalue weighted by atomic mass is 32.1. The summed E-state index contributed by atoms with van der Waals surface area (Å²) in [7, 11) is 0. The predicted octanol–water partition coefficient (Wildman–Crippen LogP) is 2.37. The maximum absolute atomic E-state index is 11.4. The Morgan fingerprint density at radius 3 is 2.88 bits per heavy atom. The van der Waals surface area contributed by atoms with Crippen molar-refractivity contribution in [1.29, 1.82) is 0 Å². The summed E-state index contributed by atoms with van der Waals surface area (Å²) >= 11 is 1.60.